The summed E-state index contributed by atoms with van der Waals surface area (Å²) < 4.78 is 14.6. The highest BCUT2D eigenvalue weighted by atomic mass is 32.1. The van der Waals surface area contributed by atoms with E-state index < -0.39 is 16.6 Å². The first kappa shape index (κ1) is 18.9. The van der Waals surface area contributed by atoms with Crippen LogP contribution in [-0.4, -0.2) is 43.0 Å². The van der Waals surface area contributed by atoms with Gasteiger partial charge in [0.25, 0.3) is 11.6 Å². The van der Waals surface area contributed by atoms with Crippen molar-refractivity contribution >= 4 is 38.3 Å². The number of amides is 1. The SMILES string of the molecule is C[NH+](C)CCN(C(=O)c1cccc([N+](=O)[O-])c1)c1nc2c(F)cccc2s1. The lowest BCUT2D eigenvalue weighted by atomic mass is 10.2. The van der Waals surface area contributed by atoms with Crippen LogP contribution in [0.4, 0.5) is 15.2 Å². The molecule has 0 spiro atoms. The summed E-state index contributed by atoms with van der Waals surface area (Å²) in [5.41, 5.74) is 0.249. The number of nitrogens with one attached hydrogen (secondary N) is 1. The number of nitrogens with zero attached hydrogens (tertiary/aromatic N) is 3. The quantitative estimate of drug-likeness (QED) is 0.517. The lowest BCUT2D eigenvalue weighted by Crippen LogP contribution is -3.06. The zero-order valence-electron chi connectivity index (χ0n) is 14.8. The zero-order valence-corrected chi connectivity index (χ0v) is 15.6. The van der Waals surface area contributed by atoms with Gasteiger partial charge in [0.2, 0.25) is 0 Å². The molecule has 2 aromatic carbocycles. The smallest absolute Gasteiger partial charge is 0.270 e. The summed E-state index contributed by atoms with van der Waals surface area (Å²) in [4.78, 5) is 30.4. The average molecular weight is 389 g/mol. The van der Waals surface area contributed by atoms with Crippen LogP contribution in [0.3, 0.4) is 0 Å². The molecule has 0 saturated carbocycles. The van der Waals surface area contributed by atoms with Crippen LogP contribution < -0.4 is 9.80 Å². The van der Waals surface area contributed by atoms with Gasteiger partial charge in [0.05, 0.1) is 36.8 Å². The minimum absolute atomic E-state index is 0.158. The molecule has 140 valence electrons. The third kappa shape index (κ3) is 4.09. The number of benzene rings is 2. The highest BCUT2D eigenvalue weighted by molar-refractivity contribution is 7.22. The Balaban J connectivity index is 2.01. The molecule has 0 bridgehead atoms. The van der Waals surface area contributed by atoms with Crippen molar-refractivity contribution in [1.29, 1.82) is 0 Å². The number of likely N-dealkylation sites (N-methyl/N-ethyl adjacent to an activating group) is 1. The molecule has 0 fully saturated rings. The number of thiazole rings is 1. The predicted molar refractivity (Wildman–Crippen MR) is 102 cm³/mol. The van der Waals surface area contributed by atoms with Gasteiger partial charge in [0, 0.05) is 17.7 Å². The van der Waals surface area contributed by atoms with Gasteiger partial charge >= 0.3 is 0 Å². The van der Waals surface area contributed by atoms with E-state index in [4.69, 9.17) is 0 Å². The molecule has 7 nitrogen and oxygen atoms in total. The maximum Gasteiger partial charge on any atom is 0.270 e. The Morgan fingerprint density at radius 3 is 2.70 bits per heavy atom. The van der Waals surface area contributed by atoms with Crippen molar-refractivity contribution in [2.75, 3.05) is 32.1 Å². The average Bonchev–Trinajstić information content (AvgIpc) is 3.07. The van der Waals surface area contributed by atoms with Crippen LogP contribution in [0.2, 0.25) is 0 Å². The third-order valence-electron chi connectivity index (χ3n) is 3.97. The van der Waals surface area contributed by atoms with E-state index in [9.17, 15) is 19.3 Å². The van der Waals surface area contributed by atoms with E-state index >= 15 is 0 Å². The number of halogens is 1. The molecule has 1 amide bonds. The van der Waals surface area contributed by atoms with E-state index in [0.717, 1.165) is 4.90 Å². The Kier molecular flexibility index (Phi) is 5.43. The zero-order chi connectivity index (χ0) is 19.6. The molecule has 1 N–H and O–H groups in total. The van der Waals surface area contributed by atoms with Gasteiger partial charge in [-0.2, -0.15) is 0 Å². The van der Waals surface area contributed by atoms with Crippen molar-refractivity contribution in [1.82, 2.24) is 4.98 Å². The third-order valence-corrected chi connectivity index (χ3v) is 5.02. The topological polar surface area (TPSA) is 80.8 Å². The van der Waals surface area contributed by atoms with Crippen LogP contribution >= 0.6 is 11.3 Å². The fourth-order valence-corrected chi connectivity index (χ4v) is 3.55. The standard InChI is InChI=1S/C18H17FN4O3S/c1-21(2)9-10-22(17(24)12-5-3-6-13(11-12)23(25)26)18-20-16-14(19)7-4-8-15(16)27-18/h3-8,11H,9-10H2,1-2H3/p+1. The van der Waals surface area contributed by atoms with Gasteiger partial charge in [0.1, 0.15) is 11.3 Å². The highest BCUT2D eigenvalue weighted by Crippen LogP contribution is 2.31. The molecule has 0 aliphatic carbocycles. The summed E-state index contributed by atoms with van der Waals surface area (Å²) in [6.07, 6.45) is 0. The van der Waals surface area contributed by atoms with E-state index in [1.54, 1.807) is 12.1 Å². The van der Waals surface area contributed by atoms with E-state index in [0.29, 0.717) is 22.9 Å². The van der Waals surface area contributed by atoms with Crippen molar-refractivity contribution in [2.45, 2.75) is 0 Å². The maximum absolute atomic E-state index is 14.0. The van der Waals surface area contributed by atoms with Crippen LogP contribution in [-0.2, 0) is 0 Å². The molecule has 0 aliphatic heterocycles. The molecule has 9 heteroatoms. The lowest BCUT2D eigenvalue weighted by molar-refractivity contribution is -0.856. The van der Waals surface area contributed by atoms with Crippen LogP contribution in [0.5, 0.6) is 0 Å². The summed E-state index contributed by atoms with van der Waals surface area (Å²) >= 11 is 1.22. The van der Waals surface area contributed by atoms with Crippen LogP contribution in [0.15, 0.2) is 42.5 Å². The van der Waals surface area contributed by atoms with Crippen LogP contribution in [0, 0.1) is 15.9 Å². The highest BCUT2D eigenvalue weighted by Gasteiger charge is 2.24. The number of nitro benzene ring substituents is 1. The Hall–Kier alpha value is -2.91. The first-order chi connectivity index (χ1) is 12.9. The monoisotopic (exact) mass is 389 g/mol. The first-order valence-electron chi connectivity index (χ1n) is 8.27. The predicted octanol–water partition coefficient (Wildman–Crippen LogP) is 2.13. The summed E-state index contributed by atoms with van der Waals surface area (Å²) in [7, 11) is 3.90. The molecule has 0 aliphatic rings. The maximum atomic E-state index is 14.0. The van der Waals surface area contributed by atoms with E-state index in [-0.39, 0.29) is 16.8 Å². The molecule has 0 radical (unpaired) electrons. The summed E-state index contributed by atoms with van der Waals surface area (Å²) in [5.74, 6) is -0.851. The van der Waals surface area contributed by atoms with Crippen LogP contribution in [0.1, 0.15) is 10.4 Å². The number of quaternary nitrogens is 1. The fourth-order valence-electron chi connectivity index (χ4n) is 2.55. The minimum atomic E-state index is -0.543. The van der Waals surface area contributed by atoms with Gasteiger partial charge in [-0.05, 0) is 18.2 Å². The molecule has 1 aromatic heterocycles. The number of anilines is 1. The second-order valence-electron chi connectivity index (χ2n) is 6.30. The first-order valence-corrected chi connectivity index (χ1v) is 9.09. The van der Waals surface area contributed by atoms with Gasteiger partial charge in [-0.25, -0.2) is 9.37 Å². The van der Waals surface area contributed by atoms with Gasteiger partial charge < -0.3 is 4.90 Å². The molecule has 0 atom stereocenters. The number of aromatic nitrogens is 1. The normalized spacial score (nSPS) is 11.1. The van der Waals surface area contributed by atoms with E-state index in [1.807, 2.05) is 14.1 Å². The van der Waals surface area contributed by atoms with E-state index in [1.165, 1.54) is 46.6 Å². The van der Waals surface area contributed by atoms with Gasteiger partial charge in [0.15, 0.2) is 5.13 Å². The van der Waals surface area contributed by atoms with Crippen molar-refractivity contribution < 1.29 is 19.0 Å². The molecule has 3 rings (SSSR count). The van der Waals surface area contributed by atoms with Crippen molar-refractivity contribution in [3.63, 3.8) is 0 Å². The number of carbonyl (C=O) groups excluding carboxylic acids is 1. The minimum Gasteiger partial charge on any atom is -0.338 e. The van der Waals surface area contributed by atoms with E-state index in [2.05, 4.69) is 4.98 Å². The largest absolute Gasteiger partial charge is 0.338 e. The van der Waals surface area contributed by atoms with Gasteiger partial charge in [-0.1, -0.05) is 23.5 Å². The number of fused-ring (bicyclic) bond motifs is 1. The number of non-ortho nitro benzene ring substituents is 1. The molecule has 0 saturated heterocycles. The number of hydrogen-bond acceptors (Lipinski definition) is 5. The van der Waals surface area contributed by atoms with Gasteiger partial charge in [-0.3, -0.25) is 19.8 Å². The Morgan fingerprint density at radius 1 is 1.30 bits per heavy atom. The fraction of sp³-hybridized carbons (Fsp3) is 0.222. The Labute approximate surface area is 158 Å². The Morgan fingerprint density at radius 2 is 2.04 bits per heavy atom. The molecular weight excluding hydrogens is 371 g/mol. The second-order valence-corrected chi connectivity index (χ2v) is 7.31. The molecule has 27 heavy (non-hydrogen) atoms. The van der Waals surface area contributed by atoms with Crippen molar-refractivity contribution in [2.24, 2.45) is 0 Å². The number of nitro groups is 1. The van der Waals surface area contributed by atoms with Gasteiger partial charge in [-0.15, -0.1) is 0 Å². The van der Waals surface area contributed by atoms with Crippen LogP contribution in [0.25, 0.3) is 10.2 Å². The number of hydrogen-bond donors (Lipinski definition) is 1. The lowest BCUT2D eigenvalue weighted by Gasteiger charge is -2.20. The number of carbonyl (C=O) groups is 1. The Bertz CT molecular complexity index is 1010. The summed E-state index contributed by atoms with van der Waals surface area (Å²) in [6, 6.07) is 10.2. The summed E-state index contributed by atoms with van der Waals surface area (Å²) in [5, 5.41) is 11.4. The van der Waals surface area contributed by atoms with Crippen molar-refractivity contribution in [3.05, 3.63) is 64.0 Å². The molecule has 1 heterocycles. The van der Waals surface area contributed by atoms with Crippen molar-refractivity contribution in [3.8, 4) is 0 Å². The number of para-hydroxylation sites is 1. The molecular formula is C18H18FN4O3S+. The molecule has 3 aromatic rings. The summed E-state index contributed by atoms with van der Waals surface area (Å²) in [6.45, 7) is 0.990. The number of rotatable bonds is 6. The molecule has 0 unspecified atom stereocenters. The second kappa shape index (κ2) is 7.77.